The second-order valence-corrected chi connectivity index (χ2v) is 8.37. The van der Waals surface area contributed by atoms with Crippen LogP contribution in [0.1, 0.15) is 32.3 Å². The van der Waals surface area contributed by atoms with Gasteiger partial charge in [0.15, 0.2) is 5.96 Å². The van der Waals surface area contributed by atoms with Crippen molar-refractivity contribution >= 4 is 17.6 Å². The molecule has 0 bridgehead atoms. The number of morpholine rings is 1. The maximum Gasteiger partial charge on any atom is 0.227 e. The lowest BCUT2D eigenvalue weighted by atomic mass is 10.0. The molecule has 1 saturated heterocycles. The third-order valence-electron chi connectivity index (χ3n) is 6.03. The monoisotopic (exact) mass is 415 g/mol. The first-order chi connectivity index (χ1) is 14.6. The lowest BCUT2D eigenvalue weighted by Gasteiger charge is -2.37. The highest BCUT2D eigenvalue weighted by atomic mass is 16.5. The Morgan fingerprint density at radius 2 is 1.93 bits per heavy atom. The molecule has 1 aromatic rings. The lowest BCUT2D eigenvalue weighted by Crippen LogP contribution is -2.52. The summed E-state index contributed by atoms with van der Waals surface area (Å²) in [5.74, 6) is 1.56. The Bertz CT molecular complexity index is 715. The second-order valence-electron chi connectivity index (χ2n) is 8.37. The van der Waals surface area contributed by atoms with Crippen molar-refractivity contribution in [2.75, 3.05) is 57.9 Å². The van der Waals surface area contributed by atoms with Crippen LogP contribution in [0.3, 0.4) is 0 Å². The van der Waals surface area contributed by atoms with Gasteiger partial charge in [-0.2, -0.15) is 0 Å². The van der Waals surface area contributed by atoms with Gasteiger partial charge in [-0.15, -0.1) is 0 Å². The number of nitrogens with zero attached hydrogens (tertiary/aromatic N) is 3. The van der Waals surface area contributed by atoms with Crippen LogP contribution in [-0.4, -0.2) is 75.8 Å². The minimum Gasteiger partial charge on any atom is -0.379 e. The Morgan fingerprint density at radius 3 is 2.67 bits per heavy atom. The molecule has 2 aliphatic heterocycles. The Kier molecular flexibility index (Phi) is 8.51. The van der Waals surface area contributed by atoms with E-state index in [0.29, 0.717) is 18.4 Å². The Balaban J connectivity index is 1.38. The van der Waals surface area contributed by atoms with Gasteiger partial charge in [-0.05, 0) is 30.4 Å². The zero-order valence-electron chi connectivity index (χ0n) is 18.7. The first kappa shape index (κ1) is 22.6. The standard InChI is InChI=1S/C23H37N5O2/c1-18(2)21(27-13-15-30-16-14-27)17-26-23(24-3)25-11-6-9-22(29)28-12-10-19-7-4-5-8-20(19)28/h4-5,7-8,18,21H,6,9-17H2,1-3H3,(H2,24,25,26). The van der Waals surface area contributed by atoms with Crippen molar-refractivity contribution in [1.29, 1.82) is 0 Å². The van der Waals surface area contributed by atoms with Crippen molar-refractivity contribution < 1.29 is 9.53 Å². The SMILES string of the molecule is CN=C(NCCCC(=O)N1CCc2ccccc21)NCC(C(C)C)N1CCOCC1. The van der Waals surface area contributed by atoms with Crippen molar-refractivity contribution in [2.45, 2.75) is 39.2 Å². The number of amides is 1. The number of carbonyl (C=O) groups is 1. The van der Waals surface area contributed by atoms with E-state index in [9.17, 15) is 4.79 Å². The number of rotatable bonds is 8. The van der Waals surface area contributed by atoms with E-state index < -0.39 is 0 Å². The number of anilines is 1. The first-order valence-electron chi connectivity index (χ1n) is 11.2. The quantitative estimate of drug-likeness (QED) is 0.385. The van der Waals surface area contributed by atoms with Gasteiger partial charge in [0.25, 0.3) is 0 Å². The first-order valence-corrected chi connectivity index (χ1v) is 11.2. The molecule has 7 heteroatoms. The number of para-hydroxylation sites is 1. The number of carbonyl (C=O) groups excluding carboxylic acids is 1. The Morgan fingerprint density at radius 1 is 1.17 bits per heavy atom. The summed E-state index contributed by atoms with van der Waals surface area (Å²) in [6, 6.07) is 8.65. The van der Waals surface area contributed by atoms with E-state index in [1.807, 2.05) is 23.1 Å². The molecule has 166 valence electrons. The minimum atomic E-state index is 0.205. The van der Waals surface area contributed by atoms with Crippen LogP contribution >= 0.6 is 0 Å². The van der Waals surface area contributed by atoms with Gasteiger partial charge in [0.2, 0.25) is 5.91 Å². The van der Waals surface area contributed by atoms with E-state index >= 15 is 0 Å². The van der Waals surface area contributed by atoms with Crippen molar-refractivity contribution in [1.82, 2.24) is 15.5 Å². The fourth-order valence-corrected chi connectivity index (χ4v) is 4.30. The smallest absolute Gasteiger partial charge is 0.227 e. The van der Waals surface area contributed by atoms with Gasteiger partial charge in [0.05, 0.1) is 13.2 Å². The molecular weight excluding hydrogens is 378 g/mol. The summed E-state index contributed by atoms with van der Waals surface area (Å²) in [6.45, 7) is 10.5. The predicted octanol–water partition coefficient (Wildman–Crippen LogP) is 1.88. The van der Waals surface area contributed by atoms with E-state index in [1.54, 1.807) is 7.05 Å². The van der Waals surface area contributed by atoms with Crippen molar-refractivity contribution in [3.05, 3.63) is 29.8 Å². The molecule has 0 aliphatic carbocycles. The van der Waals surface area contributed by atoms with Crippen LogP contribution in [0, 0.1) is 5.92 Å². The highest BCUT2D eigenvalue weighted by Crippen LogP contribution is 2.27. The van der Waals surface area contributed by atoms with E-state index in [4.69, 9.17) is 4.74 Å². The topological polar surface area (TPSA) is 69.2 Å². The normalized spacial score (nSPS) is 18.4. The summed E-state index contributed by atoms with van der Waals surface area (Å²) in [7, 11) is 1.79. The Labute approximate surface area is 180 Å². The molecule has 2 heterocycles. The molecule has 2 aliphatic rings. The number of hydrogen-bond donors (Lipinski definition) is 2. The van der Waals surface area contributed by atoms with Gasteiger partial charge < -0.3 is 20.3 Å². The number of aliphatic imine (C=N–C) groups is 1. The number of nitrogens with one attached hydrogen (secondary N) is 2. The Hall–Kier alpha value is -2.12. The zero-order chi connectivity index (χ0) is 21.3. The van der Waals surface area contributed by atoms with Gasteiger partial charge in [-0.25, -0.2) is 0 Å². The fourth-order valence-electron chi connectivity index (χ4n) is 4.30. The molecule has 1 fully saturated rings. The second kappa shape index (κ2) is 11.3. The molecule has 2 N–H and O–H groups in total. The molecule has 1 aromatic carbocycles. The fraction of sp³-hybridized carbons (Fsp3) is 0.652. The summed E-state index contributed by atoms with van der Waals surface area (Å²) < 4.78 is 5.49. The maximum absolute atomic E-state index is 12.6. The predicted molar refractivity (Wildman–Crippen MR) is 122 cm³/mol. The molecule has 7 nitrogen and oxygen atoms in total. The molecule has 3 rings (SSSR count). The summed E-state index contributed by atoms with van der Waals surface area (Å²) in [6.07, 6.45) is 2.28. The van der Waals surface area contributed by atoms with E-state index in [-0.39, 0.29) is 5.91 Å². The van der Waals surface area contributed by atoms with Crippen LogP contribution in [0.5, 0.6) is 0 Å². The highest BCUT2D eigenvalue weighted by Gasteiger charge is 2.25. The molecular formula is C23H37N5O2. The average molecular weight is 416 g/mol. The molecule has 0 saturated carbocycles. The number of fused-ring (bicyclic) bond motifs is 1. The summed E-state index contributed by atoms with van der Waals surface area (Å²) in [5, 5.41) is 6.82. The zero-order valence-corrected chi connectivity index (χ0v) is 18.7. The molecule has 0 radical (unpaired) electrons. The molecule has 0 spiro atoms. The molecule has 1 atom stereocenters. The molecule has 1 amide bonds. The number of hydrogen-bond acceptors (Lipinski definition) is 4. The van der Waals surface area contributed by atoms with E-state index in [2.05, 4.69) is 40.4 Å². The third kappa shape index (κ3) is 5.95. The minimum absolute atomic E-state index is 0.205. The van der Waals surface area contributed by atoms with Gasteiger partial charge in [0, 0.05) is 57.9 Å². The third-order valence-corrected chi connectivity index (χ3v) is 6.03. The van der Waals surface area contributed by atoms with Crippen LogP contribution < -0.4 is 15.5 Å². The number of benzene rings is 1. The van der Waals surface area contributed by atoms with Crippen molar-refractivity contribution in [2.24, 2.45) is 10.9 Å². The van der Waals surface area contributed by atoms with E-state index in [1.165, 1.54) is 5.56 Å². The van der Waals surface area contributed by atoms with Gasteiger partial charge >= 0.3 is 0 Å². The van der Waals surface area contributed by atoms with Crippen LogP contribution in [0.4, 0.5) is 5.69 Å². The van der Waals surface area contributed by atoms with Crippen molar-refractivity contribution in [3.63, 3.8) is 0 Å². The lowest BCUT2D eigenvalue weighted by molar-refractivity contribution is -0.118. The number of guanidine groups is 1. The van der Waals surface area contributed by atoms with E-state index in [0.717, 1.165) is 70.4 Å². The largest absolute Gasteiger partial charge is 0.379 e. The van der Waals surface area contributed by atoms with Crippen molar-refractivity contribution in [3.8, 4) is 0 Å². The summed E-state index contributed by atoms with van der Waals surface area (Å²) >= 11 is 0. The molecule has 30 heavy (non-hydrogen) atoms. The molecule has 0 aromatic heterocycles. The maximum atomic E-state index is 12.6. The van der Waals surface area contributed by atoms with Gasteiger partial charge in [0.1, 0.15) is 0 Å². The average Bonchev–Trinajstić information content (AvgIpc) is 3.20. The van der Waals surface area contributed by atoms with Gasteiger partial charge in [-0.1, -0.05) is 32.0 Å². The van der Waals surface area contributed by atoms with Gasteiger partial charge in [-0.3, -0.25) is 14.7 Å². The highest BCUT2D eigenvalue weighted by molar-refractivity contribution is 5.95. The van der Waals surface area contributed by atoms with Crippen LogP contribution in [-0.2, 0) is 16.0 Å². The van der Waals surface area contributed by atoms with Crippen LogP contribution in [0.15, 0.2) is 29.3 Å². The molecule has 1 unspecified atom stereocenters. The van der Waals surface area contributed by atoms with Crippen LogP contribution in [0.2, 0.25) is 0 Å². The van der Waals surface area contributed by atoms with Crippen LogP contribution in [0.25, 0.3) is 0 Å². The summed E-state index contributed by atoms with van der Waals surface area (Å²) in [5.41, 5.74) is 2.35. The summed E-state index contributed by atoms with van der Waals surface area (Å²) in [4.78, 5) is 21.4. The number of ether oxygens (including phenoxy) is 1.